The number of esters is 1. The van der Waals surface area contributed by atoms with Crippen LogP contribution in [0, 0.1) is 10.1 Å². The van der Waals surface area contributed by atoms with Gasteiger partial charge in [-0.15, -0.1) is 5.10 Å². The molecule has 0 spiro atoms. The highest BCUT2D eigenvalue weighted by molar-refractivity contribution is 8.00. The van der Waals surface area contributed by atoms with E-state index >= 15 is 0 Å². The molecule has 2 heterocycles. The summed E-state index contributed by atoms with van der Waals surface area (Å²) in [7, 11) is 0. The Kier molecular flexibility index (Phi) is 6.83. The van der Waals surface area contributed by atoms with Crippen molar-refractivity contribution in [1.82, 2.24) is 19.6 Å². The van der Waals surface area contributed by atoms with Gasteiger partial charge in [-0.2, -0.15) is 4.52 Å². The predicted molar refractivity (Wildman–Crippen MR) is 126 cm³/mol. The van der Waals surface area contributed by atoms with Gasteiger partial charge >= 0.3 is 5.97 Å². The minimum absolute atomic E-state index is 0.000854. The van der Waals surface area contributed by atoms with E-state index in [1.54, 1.807) is 23.6 Å². The van der Waals surface area contributed by atoms with Gasteiger partial charge in [0.05, 0.1) is 17.0 Å². The lowest BCUT2D eigenvalue weighted by molar-refractivity contribution is -0.384. The van der Waals surface area contributed by atoms with Crippen molar-refractivity contribution in [2.45, 2.75) is 43.5 Å². The number of carbonyl (C=O) groups is 1. The van der Waals surface area contributed by atoms with E-state index in [0.29, 0.717) is 35.2 Å². The molecule has 0 aliphatic heterocycles. The molecule has 0 fully saturated rings. The number of non-ortho nitro benzene ring substituents is 1. The van der Waals surface area contributed by atoms with Crippen molar-refractivity contribution in [1.29, 1.82) is 0 Å². The summed E-state index contributed by atoms with van der Waals surface area (Å²) in [4.78, 5) is 32.6. The maximum absolute atomic E-state index is 12.6. The Morgan fingerprint density at radius 1 is 1.15 bits per heavy atom. The number of rotatable bonds is 9. The van der Waals surface area contributed by atoms with Crippen molar-refractivity contribution in [2.24, 2.45) is 0 Å². The van der Waals surface area contributed by atoms with Crippen LogP contribution in [0.5, 0.6) is 0 Å². The number of fused-ring (bicyclic) bond motifs is 3. The largest absolute Gasteiger partial charge is 0.465 e. The van der Waals surface area contributed by atoms with Gasteiger partial charge in [-0.1, -0.05) is 43.7 Å². The highest BCUT2D eigenvalue weighted by Crippen LogP contribution is 2.31. The number of benzene rings is 2. The molecule has 0 aliphatic carbocycles. The number of hydrogen-bond donors (Lipinski definition) is 0. The third-order valence-corrected chi connectivity index (χ3v) is 6.29. The fraction of sp³-hybridized carbons (Fsp3) is 0.304. The van der Waals surface area contributed by atoms with E-state index in [1.165, 1.54) is 23.9 Å². The van der Waals surface area contributed by atoms with Gasteiger partial charge in [-0.25, -0.2) is 9.97 Å². The van der Waals surface area contributed by atoms with E-state index in [4.69, 9.17) is 14.7 Å². The lowest BCUT2D eigenvalue weighted by Gasteiger charge is -2.15. The van der Waals surface area contributed by atoms with Gasteiger partial charge in [0.1, 0.15) is 5.25 Å². The van der Waals surface area contributed by atoms with Gasteiger partial charge in [-0.05, 0) is 37.6 Å². The Labute approximate surface area is 194 Å². The highest BCUT2D eigenvalue weighted by atomic mass is 32.2. The molecule has 4 rings (SSSR count). The molecule has 4 aromatic rings. The Balaban J connectivity index is 1.81. The summed E-state index contributed by atoms with van der Waals surface area (Å²) < 4.78 is 6.93. The number of unbranched alkanes of at least 4 members (excludes halogenated alkanes) is 1. The number of para-hydroxylation sites is 1. The quantitative estimate of drug-likeness (QED) is 0.111. The van der Waals surface area contributed by atoms with Crippen LogP contribution in [0.25, 0.3) is 27.9 Å². The standard InChI is InChI=1S/C23H23N5O4S/c1-3-5-10-19(22(29)32-4-2)33-23-24-18-9-7-6-8-17(18)21-25-20(26-27(21)23)15-11-13-16(14-12-15)28(30)31/h6-9,11-14,19H,3-5,10H2,1-2H3/t19-/m0/s1. The van der Waals surface area contributed by atoms with Crippen molar-refractivity contribution < 1.29 is 14.5 Å². The number of nitrogens with zero attached hydrogens (tertiary/aromatic N) is 5. The fourth-order valence-corrected chi connectivity index (χ4v) is 4.52. The van der Waals surface area contributed by atoms with Crippen LogP contribution >= 0.6 is 11.8 Å². The first-order valence-electron chi connectivity index (χ1n) is 10.8. The number of thioether (sulfide) groups is 1. The third kappa shape index (κ3) is 4.80. The topological polar surface area (TPSA) is 113 Å². The van der Waals surface area contributed by atoms with Gasteiger partial charge in [-0.3, -0.25) is 14.9 Å². The molecule has 2 aromatic carbocycles. The molecule has 0 N–H and O–H groups in total. The smallest absolute Gasteiger partial charge is 0.319 e. The Hall–Kier alpha value is -3.53. The summed E-state index contributed by atoms with van der Waals surface area (Å²) in [6.07, 6.45) is 2.52. The van der Waals surface area contributed by atoms with Crippen LogP contribution < -0.4 is 0 Å². The van der Waals surface area contributed by atoms with Crippen LogP contribution in [0.1, 0.15) is 33.1 Å². The number of nitro groups is 1. The monoisotopic (exact) mass is 465 g/mol. The van der Waals surface area contributed by atoms with E-state index in [0.717, 1.165) is 23.7 Å². The minimum Gasteiger partial charge on any atom is -0.465 e. The summed E-state index contributed by atoms with van der Waals surface area (Å²) in [6, 6.07) is 13.7. The van der Waals surface area contributed by atoms with Crippen LogP contribution in [-0.4, -0.2) is 42.3 Å². The highest BCUT2D eigenvalue weighted by Gasteiger charge is 2.24. The van der Waals surface area contributed by atoms with Gasteiger partial charge in [0.25, 0.3) is 5.69 Å². The van der Waals surface area contributed by atoms with Crippen molar-refractivity contribution in [2.75, 3.05) is 6.61 Å². The van der Waals surface area contributed by atoms with Gasteiger partial charge < -0.3 is 4.74 Å². The second kappa shape index (κ2) is 9.95. The van der Waals surface area contributed by atoms with E-state index < -0.39 is 10.2 Å². The van der Waals surface area contributed by atoms with Crippen LogP contribution in [0.2, 0.25) is 0 Å². The fourth-order valence-electron chi connectivity index (χ4n) is 3.44. The molecular weight excluding hydrogens is 442 g/mol. The second-order valence-corrected chi connectivity index (χ2v) is 8.56. The molecule has 0 radical (unpaired) electrons. The molecule has 0 unspecified atom stereocenters. The number of carbonyl (C=O) groups excluding carboxylic acids is 1. The molecule has 1 atom stereocenters. The predicted octanol–water partition coefficient (Wildman–Crippen LogP) is 5.07. The first-order chi connectivity index (χ1) is 16.0. The molecule has 10 heteroatoms. The van der Waals surface area contributed by atoms with E-state index in [9.17, 15) is 14.9 Å². The zero-order valence-corrected chi connectivity index (χ0v) is 19.1. The second-order valence-electron chi connectivity index (χ2n) is 7.39. The zero-order chi connectivity index (χ0) is 23.4. The van der Waals surface area contributed by atoms with E-state index in [2.05, 4.69) is 12.0 Å². The third-order valence-electron chi connectivity index (χ3n) is 5.10. The minimum atomic E-state index is -0.446. The lowest BCUT2D eigenvalue weighted by Crippen LogP contribution is -2.21. The molecule has 0 aliphatic rings. The number of hydrogen-bond acceptors (Lipinski definition) is 8. The molecule has 2 aromatic heterocycles. The van der Waals surface area contributed by atoms with Crippen LogP contribution in [-0.2, 0) is 9.53 Å². The SMILES string of the molecule is CCCC[C@H](Sc1nc2ccccc2c2nc(-c3ccc([N+](=O)[O-])cc3)nn12)C(=O)OCC. The van der Waals surface area contributed by atoms with Crippen molar-refractivity contribution in [3.63, 3.8) is 0 Å². The van der Waals surface area contributed by atoms with Gasteiger partial charge in [0, 0.05) is 23.1 Å². The van der Waals surface area contributed by atoms with Crippen molar-refractivity contribution >= 4 is 40.0 Å². The van der Waals surface area contributed by atoms with Gasteiger partial charge in [0.15, 0.2) is 16.6 Å². The molecule has 33 heavy (non-hydrogen) atoms. The Morgan fingerprint density at radius 3 is 2.61 bits per heavy atom. The molecule has 0 amide bonds. The van der Waals surface area contributed by atoms with E-state index in [1.807, 2.05) is 24.3 Å². The van der Waals surface area contributed by atoms with Crippen molar-refractivity contribution in [3.05, 3.63) is 58.6 Å². The van der Waals surface area contributed by atoms with Gasteiger partial charge in [0.2, 0.25) is 0 Å². The maximum Gasteiger partial charge on any atom is 0.319 e. The zero-order valence-electron chi connectivity index (χ0n) is 18.3. The number of ether oxygens (including phenoxy) is 1. The Bertz CT molecular complexity index is 1310. The molecule has 170 valence electrons. The number of nitro benzene ring substituents is 1. The summed E-state index contributed by atoms with van der Waals surface area (Å²) in [5.41, 5.74) is 2.00. The summed E-state index contributed by atoms with van der Waals surface area (Å²) in [5, 5.41) is 16.6. The van der Waals surface area contributed by atoms with Crippen LogP contribution in [0.15, 0.2) is 53.7 Å². The molecule has 0 saturated carbocycles. The maximum atomic E-state index is 12.6. The van der Waals surface area contributed by atoms with Crippen molar-refractivity contribution in [3.8, 4) is 11.4 Å². The molecule has 0 saturated heterocycles. The first kappa shape index (κ1) is 22.7. The average Bonchev–Trinajstić information content (AvgIpc) is 3.28. The van der Waals surface area contributed by atoms with E-state index in [-0.39, 0.29) is 11.7 Å². The lowest BCUT2D eigenvalue weighted by atomic mass is 10.2. The molecule has 9 nitrogen and oxygen atoms in total. The summed E-state index contributed by atoms with van der Waals surface area (Å²) in [6.45, 7) is 4.18. The first-order valence-corrected chi connectivity index (χ1v) is 11.6. The van der Waals surface area contributed by atoms with Crippen LogP contribution in [0.3, 0.4) is 0 Å². The van der Waals surface area contributed by atoms with Crippen LogP contribution in [0.4, 0.5) is 5.69 Å². The molecular formula is C23H23N5O4S. The number of aromatic nitrogens is 4. The summed E-state index contributed by atoms with van der Waals surface area (Å²) in [5.74, 6) is 0.154. The normalized spacial score (nSPS) is 12.2. The molecule has 0 bridgehead atoms. The Morgan fingerprint density at radius 2 is 1.91 bits per heavy atom. The average molecular weight is 466 g/mol. The summed E-state index contributed by atoms with van der Waals surface area (Å²) >= 11 is 1.32.